The van der Waals surface area contributed by atoms with Crippen LogP contribution in [0.4, 0.5) is 13.2 Å². The molecule has 1 fully saturated rings. The van der Waals surface area contributed by atoms with Gasteiger partial charge in [0.15, 0.2) is 0 Å². The van der Waals surface area contributed by atoms with Crippen molar-refractivity contribution in [1.29, 1.82) is 0 Å². The molecule has 0 bridgehead atoms. The Morgan fingerprint density at radius 3 is 2.72 bits per heavy atom. The topological polar surface area (TPSA) is 88.2 Å². The van der Waals surface area contributed by atoms with Crippen LogP contribution in [0.2, 0.25) is 0 Å². The van der Waals surface area contributed by atoms with Crippen LogP contribution >= 0.6 is 0 Å². The van der Waals surface area contributed by atoms with E-state index in [-0.39, 0.29) is 28.2 Å². The molecule has 1 aliphatic heterocycles. The number of primary amides is 1. The number of halogens is 3. The molecule has 3 rings (SSSR count). The fourth-order valence-electron chi connectivity index (χ4n) is 3.24. The minimum absolute atomic E-state index is 0.166. The van der Waals surface area contributed by atoms with E-state index in [1.165, 1.54) is 18.2 Å². The number of pyridine rings is 1. The van der Waals surface area contributed by atoms with E-state index in [2.05, 4.69) is 10.3 Å². The molecular formula is C17H18F3N3O2. The van der Waals surface area contributed by atoms with Crippen molar-refractivity contribution in [2.45, 2.75) is 37.6 Å². The minimum atomic E-state index is -4.63. The van der Waals surface area contributed by atoms with Crippen LogP contribution in [-0.4, -0.2) is 28.6 Å². The number of aliphatic hydroxyl groups is 1. The molecule has 1 amide bonds. The zero-order valence-electron chi connectivity index (χ0n) is 13.3. The monoisotopic (exact) mass is 353 g/mol. The lowest BCUT2D eigenvalue weighted by Gasteiger charge is -2.29. The van der Waals surface area contributed by atoms with Crippen molar-refractivity contribution < 1.29 is 23.1 Å². The number of nitrogens with one attached hydrogen (secondary N) is 1. The number of aromatic nitrogens is 1. The number of para-hydroxylation sites is 1. The Hall–Kier alpha value is -2.19. The summed E-state index contributed by atoms with van der Waals surface area (Å²) in [5.41, 5.74) is 3.82. The number of amides is 1. The smallest absolute Gasteiger partial charge is 0.387 e. The third-order valence-electron chi connectivity index (χ3n) is 4.48. The highest BCUT2D eigenvalue weighted by Gasteiger charge is 2.35. The molecule has 1 saturated heterocycles. The van der Waals surface area contributed by atoms with Gasteiger partial charge in [0.1, 0.15) is 5.69 Å². The summed E-state index contributed by atoms with van der Waals surface area (Å²) in [6.45, 7) is 0.723. The molecule has 0 aliphatic carbocycles. The van der Waals surface area contributed by atoms with E-state index in [0.717, 1.165) is 25.5 Å². The average Bonchev–Trinajstić information content (AvgIpc) is 2.59. The van der Waals surface area contributed by atoms with Gasteiger partial charge in [0.2, 0.25) is 0 Å². The summed E-state index contributed by atoms with van der Waals surface area (Å²) in [4.78, 5) is 15.3. The van der Waals surface area contributed by atoms with Crippen molar-refractivity contribution in [2.24, 2.45) is 5.73 Å². The first-order valence-corrected chi connectivity index (χ1v) is 8.01. The molecule has 0 saturated carbocycles. The third kappa shape index (κ3) is 3.45. The quantitative estimate of drug-likeness (QED) is 0.791. The van der Waals surface area contributed by atoms with Crippen LogP contribution in [0.3, 0.4) is 0 Å². The average molecular weight is 353 g/mol. The summed E-state index contributed by atoms with van der Waals surface area (Å²) >= 11 is 0. The highest BCUT2D eigenvalue weighted by molar-refractivity contribution is 5.96. The molecule has 0 spiro atoms. The second-order valence-electron chi connectivity index (χ2n) is 6.16. The highest BCUT2D eigenvalue weighted by Crippen LogP contribution is 2.37. The van der Waals surface area contributed by atoms with Crippen LogP contribution < -0.4 is 11.1 Å². The van der Waals surface area contributed by atoms with Gasteiger partial charge in [-0.15, -0.1) is 0 Å². The van der Waals surface area contributed by atoms with Crippen LogP contribution in [0.5, 0.6) is 0 Å². The Morgan fingerprint density at radius 1 is 1.36 bits per heavy atom. The van der Waals surface area contributed by atoms with Crippen molar-refractivity contribution >= 4 is 16.8 Å². The van der Waals surface area contributed by atoms with Crippen LogP contribution in [0, 0.1) is 0 Å². The number of piperidine rings is 1. The molecule has 25 heavy (non-hydrogen) atoms. The first kappa shape index (κ1) is 17.6. The molecule has 0 radical (unpaired) electrons. The lowest BCUT2D eigenvalue weighted by atomic mass is 9.91. The maximum Gasteiger partial charge on any atom is 0.418 e. The molecular weight excluding hydrogens is 335 g/mol. The van der Waals surface area contributed by atoms with Gasteiger partial charge in [0.05, 0.1) is 17.2 Å². The Kier molecular flexibility index (Phi) is 4.66. The number of nitrogens with two attached hydrogens (primary N) is 1. The number of fused-ring (bicyclic) bond motifs is 1. The van der Waals surface area contributed by atoms with E-state index < -0.39 is 23.8 Å². The van der Waals surface area contributed by atoms with Crippen LogP contribution in [-0.2, 0) is 6.18 Å². The van der Waals surface area contributed by atoms with E-state index in [1.807, 2.05) is 0 Å². The lowest BCUT2D eigenvalue weighted by Crippen LogP contribution is -2.39. The van der Waals surface area contributed by atoms with Crippen LogP contribution in [0.25, 0.3) is 10.9 Å². The number of aliphatic hydroxyl groups excluding tert-OH is 1. The largest absolute Gasteiger partial charge is 0.418 e. The van der Waals surface area contributed by atoms with Gasteiger partial charge in [-0.1, -0.05) is 18.6 Å². The number of benzene rings is 1. The number of hydrogen-bond donors (Lipinski definition) is 3. The Balaban J connectivity index is 2.21. The summed E-state index contributed by atoms with van der Waals surface area (Å²) < 4.78 is 39.9. The van der Waals surface area contributed by atoms with E-state index in [0.29, 0.717) is 6.42 Å². The van der Waals surface area contributed by atoms with E-state index in [9.17, 15) is 23.1 Å². The summed E-state index contributed by atoms with van der Waals surface area (Å²) in [6, 6.07) is 4.61. The molecule has 1 aliphatic rings. The van der Waals surface area contributed by atoms with Gasteiger partial charge >= 0.3 is 6.18 Å². The van der Waals surface area contributed by atoms with Gasteiger partial charge in [0.25, 0.3) is 5.91 Å². The van der Waals surface area contributed by atoms with Crippen LogP contribution in [0.15, 0.2) is 24.3 Å². The number of carbonyl (C=O) groups excluding carboxylic acids is 1. The number of hydrogen-bond acceptors (Lipinski definition) is 4. The predicted molar refractivity (Wildman–Crippen MR) is 85.9 cm³/mol. The van der Waals surface area contributed by atoms with Crippen molar-refractivity contribution in [2.75, 3.05) is 6.54 Å². The molecule has 8 heteroatoms. The van der Waals surface area contributed by atoms with Crippen molar-refractivity contribution in [3.05, 3.63) is 41.1 Å². The fourth-order valence-corrected chi connectivity index (χ4v) is 3.24. The summed E-state index contributed by atoms with van der Waals surface area (Å²) in [6.07, 6.45) is -3.11. The minimum Gasteiger partial charge on any atom is -0.387 e. The van der Waals surface area contributed by atoms with E-state index >= 15 is 0 Å². The molecule has 2 unspecified atom stereocenters. The van der Waals surface area contributed by atoms with Gasteiger partial charge in [0, 0.05) is 11.4 Å². The Morgan fingerprint density at radius 2 is 2.12 bits per heavy atom. The number of carbonyl (C=O) groups is 1. The first-order valence-electron chi connectivity index (χ1n) is 8.01. The third-order valence-corrected chi connectivity index (χ3v) is 4.48. The number of nitrogens with zero attached hydrogens (tertiary/aromatic N) is 1. The van der Waals surface area contributed by atoms with Gasteiger partial charge in [-0.2, -0.15) is 13.2 Å². The first-order chi connectivity index (χ1) is 11.8. The van der Waals surface area contributed by atoms with Crippen molar-refractivity contribution in [3.8, 4) is 0 Å². The van der Waals surface area contributed by atoms with Crippen LogP contribution in [0.1, 0.15) is 47.0 Å². The summed E-state index contributed by atoms with van der Waals surface area (Å²) in [7, 11) is 0. The van der Waals surface area contributed by atoms with Crippen molar-refractivity contribution in [3.63, 3.8) is 0 Å². The molecule has 1 aromatic heterocycles. The zero-order chi connectivity index (χ0) is 18.2. The second kappa shape index (κ2) is 6.61. The molecule has 4 N–H and O–H groups in total. The predicted octanol–water partition coefficient (Wildman–Crippen LogP) is 2.53. The second-order valence-corrected chi connectivity index (χ2v) is 6.16. The molecule has 134 valence electrons. The van der Waals surface area contributed by atoms with Gasteiger partial charge in [-0.05, 0) is 37.1 Å². The molecule has 2 atom stereocenters. The molecule has 2 heterocycles. The van der Waals surface area contributed by atoms with E-state index in [1.54, 1.807) is 0 Å². The standard InChI is InChI=1S/C17H18F3N3O2/c18-17(19,20)11-5-3-4-9-10(8-13(16(21)25)23-14(9)11)15(24)12-6-1-2-7-22-12/h3-5,8,12,15,22,24H,1-2,6-7H2,(H2,21,25). The lowest BCUT2D eigenvalue weighted by molar-refractivity contribution is -0.136. The molecule has 1 aromatic carbocycles. The molecule has 2 aromatic rings. The Bertz CT molecular complexity index is 802. The molecule has 5 nitrogen and oxygen atoms in total. The number of alkyl halides is 3. The fraction of sp³-hybridized carbons (Fsp3) is 0.412. The van der Waals surface area contributed by atoms with Gasteiger partial charge in [-0.25, -0.2) is 4.98 Å². The Labute approximate surface area is 142 Å². The summed E-state index contributed by atoms with van der Waals surface area (Å²) in [5, 5.41) is 14.1. The highest BCUT2D eigenvalue weighted by atomic mass is 19.4. The SMILES string of the molecule is NC(=O)c1cc(C(O)C2CCCCN2)c2cccc(C(F)(F)F)c2n1. The van der Waals surface area contributed by atoms with Crippen molar-refractivity contribution in [1.82, 2.24) is 10.3 Å². The normalized spacial score (nSPS) is 19.8. The zero-order valence-corrected chi connectivity index (χ0v) is 13.3. The number of rotatable bonds is 3. The van der Waals surface area contributed by atoms with Gasteiger partial charge < -0.3 is 16.2 Å². The van der Waals surface area contributed by atoms with E-state index in [4.69, 9.17) is 5.73 Å². The summed E-state index contributed by atoms with van der Waals surface area (Å²) in [5.74, 6) is -0.941. The maximum atomic E-state index is 13.3. The van der Waals surface area contributed by atoms with Gasteiger partial charge in [-0.3, -0.25) is 4.79 Å². The maximum absolute atomic E-state index is 13.3.